The predicted molar refractivity (Wildman–Crippen MR) is 119 cm³/mol. The summed E-state index contributed by atoms with van der Waals surface area (Å²) in [6.07, 6.45) is 5.06. The van der Waals surface area contributed by atoms with Gasteiger partial charge < -0.3 is 15.1 Å². The molecule has 5 heteroatoms. The molecule has 2 aromatic rings. The van der Waals surface area contributed by atoms with E-state index in [4.69, 9.17) is 0 Å². The SMILES string of the molecule is O=C(Nc1ccccc1N1CCCCCC1)N1CCN(Cc2ccccc2)CC1. The van der Waals surface area contributed by atoms with Crippen LogP contribution in [0.1, 0.15) is 31.2 Å². The van der Waals surface area contributed by atoms with Crippen LogP contribution in [0, 0.1) is 0 Å². The fourth-order valence-electron chi connectivity index (χ4n) is 4.31. The number of nitrogens with one attached hydrogen (secondary N) is 1. The average Bonchev–Trinajstić information content (AvgIpc) is 3.05. The average molecular weight is 393 g/mol. The molecule has 2 heterocycles. The van der Waals surface area contributed by atoms with Crippen LogP contribution in [0.4, 0.5) is 16.2 Å². The minimum atomic E-state index is 0.0200. The zero-order chi connectivity index (χ0) is 19.9. The van der Waals surface area contributed by atoms with E-state index in [-0.39, 0.29) is 6.03 Å². The van der Waals surface area contributed by atoms with Crippen LogP contribution in [-0.4, -0.2) is 55.1 Å². The maximum absolute atomic E-state index is 12.9. The third-order valence-corrected chi connectivity index (χ3v) is 6.00. The van der Waals surface area contributed by atoms with Gasteiger partial charge in [-0.25, -0.2) is 4.79 Å². The predicted octanol–water partition coefficient (Wildman–Crippen LogP) is 4.42. The van der Waals surface area contributed by atoms with Crippen molar-refractivity contribution in [3.63, 3.8) is 0 Å². The van der Waals surface area contributed by atoms with Crippen LogP contribution < -0.4 is 10.2 Å². The van der Waals surface area contributed by atoms with Crippen molar-refractivity contribution < 1.29 is 4.79 Å². The number of anilines is 2. The van der Waals surface area contributed by atoms with Gasteiger partial charge in [0.25, 0.3) is 0 Å². The second-order valence-corrected chi connectivity index (χ2v) is 8.10. The molecule has 0 aromatic heterocycles. The lowest BCUT2D eigenvalue weighted by molar-refractivity contribution is 0.143. The van der Waals surface area contributed by atoms with Crippen LogP contribution in [0.25, 0.3) is 0 Å². The van der Waals surface area contributed by atoms with Gasteiger partial charge in [-0.1, -0.05) is 55.3 Å². The van der Waals surface area contributed by atoms with Crippen molar-refractivity contribution in [1.82, 2.24) is 9.80 Å². The molecule has 2 fully saturated rings. The van der Waals surface area contributed by atoms with Gasteiger partial charge >= 0.3 is 6.03 Å². The second-order valence-electron chi connectivity index (χ2n) is 8.10. The van der Waals surface area contributed by atoms with Crippen molar-refractivity contribution in [1.29, 1.82) is 0 Å². The number of nitrogens with zero attached hydrogens (tertiary/aromatic N) is 3. The van der Waals surface area contributed by atoms with Gasteiger partial charge in [-0.15, -0.1) is 0 Å². The number of hydrogen-bond acceptors (Lipinski definition) is 3. The van der Waals surface area contributed by atoms with E-state index in [0.29, 0.717) is 0 Å². The fourth-order valence-corrected chi connectivity index (χ4v) is 4.31. The molecule has 0 atom stereocenters. The Labute approximate surface area is 174 Å². The van der Waals surface area contributed by atoms with Gasteiger partial charge in [0.05, 0.1) is 11.4 Å². The van der Waals surface area contributed by atoms with E-state index in [1.165, 1.54) is 31.2 Å². The molecule has 4 rings (SSSR count). The first-order valence-electron chi connectivity index (χ1n) is 11.0. The summed E-state index contributed by atoms with van der Waals surface area (Å²) in [6.45, 7) is 6.46. The topological polar surface area (TPSA) is 38.8 Å². The van der Waals surface area contributed by atoms with Crippen LogP contribution >= 0.6 is 0 Å². The number of piperazine rings is 1. The number of hydrogen-bond donors (Lipinski definition) is 1. The zero-order valence-electron chi connectivity index (χ0n) is 17.2. The molecule has 0 aliphatic carbocycles. The lowest BCUT2D eigenvalue weighted by atomic mass is 10.2. The van der Waals surface area contributed by atoms with Crippen molar-refractivity contribution in [2.24, 2.45) is 0 Å². The van der Waals surface area contributed by atoms with Gasteiger partial charge in [0.2, 0.25) is 0 Å². The Balaban J connectivity index is 1.33. The second kappa shape index (κ2) is 9.79. The summed E-state index contributed by atoms with van der Waals surface area (Å²) in [5, 5.41) is 3.19. The molecular weight excluding hydrogens is 360 g/mol. The van der Waals surface area contributed by atoms with Gasteiger partial charge in [-0.2, -0.15) is 0 Å². The minimum absolute atomic E-state index is 0.0200. The molecule has 5 nitrogen and oxygen atoms in total. The van der Waals surface area contributed by atoms with Crippen LogP contribution in [0.3, 0.4) is 0 Å². The molecule has 2 aliphatic rings. The van der Waals surface area contributed by atoms with Gasteiger partial charge in [0.1, 0.15) is 0 Å². The monoisotopic (exact) mass is 392 g/mol. The summed E-state index contributed by atoms with van der Waals surface area (Å²) in [7, 11) is 0. The van der Waals surface area contributed by atoms with Crippen LogP contribution in [0.5, 0.6) is 0 Å². The van der Waals surface area contributed by atoms with Crippen molar-refractivity contribution in [3.05, 3.63) is 60.2 Å². The van der Waals surface area contributed by atoms with E-state index in [9.17, 15) is 4.79 Å². The van der Waals surface area contributed by atoms with Gasteiger partial charge in [-0.3, -0.25) is 4.90 Å². The van der Waals surface area contributed by atoms with Gasteiger partial charge in [0, 0.05) is 45.8 Å². The number of para-hydroxylation sites is 2. The Hall–Kier alpha value is -2.53. The molecule has 0 unspecified atom stereocenters. The highest BCUT2D eigenvalue weighted by molar-refractivity contribution is 5.93. The van der Waals surface area contributed by atoms with Crippen molar-refractivity contribution in [3.8, 4) is 0 Å². The van der Waals surface area contributed by atoms with Crippen LogP contribution in [-0.2, 0) is 6.54 Å². The Morgan fingerprint density at radius 1 is 0.759 bits per heavy atom. The smallest absolute Gasteiger partial charge is 0.321 e. The highest BCUT2D eigenvalue weighted by Gasteiger charge is 2.22. The largest absolute Gasteiger partial charge is 0.370 e. The van der Waals surface area contributed by atoms with Crippen molar-refractivity contribution >= 4 is 17.4 Å². The lowest BCUT2D eigenvalue weighted by Crippen LogP contribution is -2.49. The van der Waals surface area contributed by atoms with E-state index in [1.54, 1.807) is 0 Å². The number of carbonyl (C=O) groups is 1. The van der Waals surface area contributed by atoms with Crippen LogP contribution in [0.2, 0.25) is 0 Å². The Morgan fingerprint density at radius 3 is 2.14 bits per heavy atom. The summed E-state index contributed by atoms with van der Waals surface area (Å²) in [6, 6.07) is 18.8. The first kappa shape index (κ1) is 19.8. The Bertz CT molecular complexity index is 778. The van der Waals surface area contributed by atoms with E-state index in [2.05, 4.69) is 57.6 Å². The first-order chi connectivity index (χ1) is 14.3. The minimum Gasteiger partial charge on any atom is -0.370 e. The fraction of sp³-hybridized carbons (Fsp3) is 0.458. The standard InChI is InChI=1S/C24H32N4O/c29-24(28-18-16-26(17-19-28)20-21-10-4-3-5-11-21)25-22-12-6-7-13-23(22)27-14-8-1-2-9-15-27/h3-7,10-13H,1-2,8-9,14-20H2,(H,25,29). The molecule has 2 aliphatic heterocycles. The van der Waals surface area contributed by atoms with E-state index in [1.807, 2.05) is 17.0 Å². The maximum atomic E-state index is 12.9. The molecule has 0 spiro atoms. The highest BCUT2D eigenvalue weighted by atomic mass is 16.2. The molecule has 0 saturated carbocycles. The van der Waals surface area contributed by atoms with Crippen LogP contribution in [0.15, 0.2) is 54.6 Å². The number of amides is 2. The van der Waals surface area contributed by atoms with Crippen molar-refractivity contribution in [2.75, 3.05) is 49.5 Å². The van der Waals surface area contributed by atoms with Gasteiger partial charge in [0.15, 0.2) is 0 Å². The first-order valence-corrected chi connectivity index (χ1v) is 11.0. The molecule has 2 aromatic carbocycles. The summed E-state index contributed by atoms with van der Waals surface area (Å²) < 4.78 is 0. The Morgan fingerprint density at radius 2 is 1.41 bits per heavy atom. The zero-order valence-corrected chi connectivity index (χ0v) is 17.2. The molecule has 0 bridgehead atoms. The van der Waals surface area contributed by atoms with Gasteiger partial charge in [-0.05, 0) is 30.5 Å². The van der Waals surface area contributed by atoms with E-state index < -0.39 is 0 Å². The molecule has 154 valence electrons. The Kier molecular flexibility index (Phi) is 6.67. The number of benzene rings is 2. The third kappa shape index (κ3) is 5.30. The summed E-state index contributed by atoms with van der Waals surface area (Å²) >= 11 is 0. The normalized spacial score (nSPS) is 18.3. The molecule has 2 amide bonds. The summed E-state index contributed by atoms with van der Waals surface area (Å²) in [5.41, 5.74) is 3.42. The lowest BCUT2D eigenvalue weighted by Gasteiger charge is -2.35. The van der Waals surface area contributed by atoms with E-state index in [0.717, 1.165) is 57.2 Å². The number of urea groups is 1. The molecule has 2 saturated heterocycles. The summed E-state index contributed by atoms with van der Waals surface area (Å²) in [5.74, 6) is 0. The maximum Gasteiger partial charge on any atom is 0.321 e. The molecule has 1 N–H and O–H groups in total. The highest BCUT2D eigenvalue weighted by Crippen LogP contribution is 2.28. The molecular formula is C24H32N4O. The molecule has 0 radical (unpaired) electrons. The van der Waals surface area contributed by atoms with E-state index >= 15 is 0 Å². The molecule has 29 heavy (non-hydrogen) atoms. The van der Waals surface area contributed by atoms with Crippen molar-refractivity contribution in [2.45, 2.75) is 32.2 Å². The summed E-state index contributed by atoms with van der Waals surface area (Å²) in [4.78, 5) is 19.7. The number of carbonyl (C=O) groups excluding carboxylic acids is 1. The number of rotatable bonds is 4. The third-order valence-electron chi connectivity index (χ3n) is 6.00. The quantitative estimate of drug-likeness (QED) is 0.837.